The Kier molecular flexibility index (Phi) is 5.36. The number of benzene rings is 1. The van der Waals surface area contributed by atoms with Gasteiger partial charge in [-0.1, -0.05) is 43.7 Å². The van der Waals surface area contributed by atoms with E-state index in [1.54, 1.807) is 0 Å². The first-order valence-electron chi connectivity index (χ1n) is 7.94. The van der Waals surface area contributed by atoms with Crippen molar-refractivity contribution in [2.24, 2.45) is 0 Å². The van der Waals surface area contributed by atoms with Crippen LogP contribution >= 0.6 is 0 Å². The number of unbranched alkanes of at least 4 members (excludes halogenated alkanes) is 1. The summed E-state index contributed by atoms with van der Waals surface area (Å²) in [4.78, 5) is 9.30. The normalized spacial score (nSPS) is 11.3. The predicted octanol–water partition coefficient (Wildman–Crippen LogP) is 4.57. The maximum absolute atomic E-state index is 4.66. The lowest BCUT2D eigenvalue weighted by Gasteiger charge is -2.22. The van der Waals surface area contributed by atoms with Crippen molar-refractivity contribution >= 4 is 11.6 Å². The topological polar surface area (TPSA) is 49.8 Å². The molecule has 0 amide bonds. The highest BCUT2D eigenvalue weighted by Gasteiger charge is 2.13. The molecule has 22 heavy (non-hydrogen) atoms. The summed E-state index contributed by atoms with van der Waals surface area (Å²) in [6, 6.07) is 12.1. The van der Waals surface area contributed by atoms with E-state index in [-0.39, 0.29) is 5.54 Å². The summed E-state index contributed by atoms with van der Waals surface area (Å²) in [6.07, 6.45) is 2.30. The third kappa shape index (κ3) is 5.02. The molecule has 1 heterocycles. The first kappa shape index (κ1) is 16.3. The van der Waals surface area contributed by atoms with Crippen LogP contribution in [0.15, 0.2) is 36.4 Å². The van der Waals surface area contributed by atoms with Gasteiger partial charge in [0.15, 0.2) is 5.82 Å². The van der Waals surface area contributed by atoms with E-state index in [1.165, 1.54) is 0 Å². The monoisotopic (exact) mass is 298 g/mol. The average Bonchev–Trinajstić information content (AvgIpc) is 2.46. The van der Waals surface area contributed by atoms with Crippen LogP contribution in [0.25, 0.3) is 11.4 Å². The number of hydrogen-bond acceptors (Lipinski definition) is 4. The number of rotatable bonds is 6. The van der Waals surface area contributed by atoms with E-state index in [9.17, 15) is 0 Å². The quantitative estimate of drug-likeness (QED) is 0.767. The molecule has 2 N–H and O–H groups in total. The Morgan fingerprint density at radius 2 is 1.68 bits per heavy atom. The second kappa shape index (κ2) is 7.25. The number of nitrogens with zero attached hydrogens (tertiary/aromatic N) is 2. The molecular formula is C18H26N4. The lowest BCUT2D eigenvalue weighted by molar-refractivity contribution is 0.630. The number of nitrogens with one attached hydrogen (secondary N) is 2. The molecule has 4 nitrogen and oxygen atoms in total. The zero-order valence-corrected chi connectivity index (χ0v) is 14.0. The second-order valence-corrected chi connectivity index (χ2v) is 6.48. The van der Waals surface area contributed by atoms with Gasteiger partial charge in [0.1, 0.15) is 11.6 Å². The van der Waals surface area contributed by atoms with E-state index in [1.807, 2.05) is 36.4 Å². The van der Waals surface area contributed by atoms with Crippen molar-refractivity contribution in [1.29, 1.82) is 0 Å². The van der Waals surface area contributed by atoms with Crippen LogP contribution in [-0.4, -0.2) is 22.1 Å². The van der Waals surface area contributed by atoms with Gasteiger partial charge in [0.05, 0.1) is 0 Å². The van der Waals surface area contributed by atoms with E-state index in [2.05, 4.69) is 48.3 Å². The third-order valence-electron chi connectivity index (χ3n) is 3.10. The minimum absolute atomic E-state index is 0.0387. The van der Waals surface area contributed by atoms with Gasteiger partial charge in [-0.15, -0.1) is 0 Å². The van der Waals surface area contributed by atoms with Crippen LogP contribution < -0.4 is 10.6 Å². The van der Waals surface area contributed by atoms with Crippen molar-refractivity contribution in [1.82, 2.24) is 9.97 Å². The Hall–Kier alpha value is -2.10. The fraction of sp³-hybridized carbons (Fsp3) is 0.444. The summed E-state index contributed by atoms with van der Waals surface area (Å²) >= 11 is 0. The molecule has 0 fully saturated rings. The fourth-order valence-corrected chi connectivity index (χ4v) is 2.10. The van der Waals surface area contributed by atoms with Gasteiger partial charge in [-0.25, -0.2) is 9.97 Å². The van der Waals surface area contributed by atoms with Crippen molar-refractivity contribution in [3.8, 4) is 11.4 Å². The molecule has 0 aliphatic rings. The molecule has 0 saturated carbocycles. The van der Waals surface area contributed by atoms with Crippen molar-refractivity contribution in [3.63, 3.8) is 0 Å². The minimum atomic E-state index is -0.0387. The van der Waals surface area contributed by atoms with Crippen LogP contribution in [0.5, 0.6) is 0 Å². The predicted molar refractivity (Wildman–Crippen MR) is 94.2 cm³/mol. The van der Waals surface area contributed by atoms with Crippen molar-refractivity contribution < 1.29 is 0 Å². The number of aromatic nitrogens is 2. The standard InChI is InChI=1S/C18H26N4/c1-5-6-12-19-15-13-16(22-18(2,3)4)21-17(20-15)14-10-8-7-9-11-14/h7-11,13H,5-6,12H2,1-4H3,(H2,19,20,21,22). The maximum atomic E-state index is 4.66. The number of hydrogen-bond donors (Lipinski definition) is 2. The summed E-state index contributed by atoms with van der Waals surface area (Å²) in [6.45, 7) is 9.49. The zero-order valence-electron chi connectivity index (χ0n) is 14.0. The average molecular weight is 298 g/mol. The molecule has 2 rings (SSSR count). The molecule has 0 unspecified atom stereocenters. The highest BCUT2D eigenvalue weighted by Crippen LogP contribution is 2.22. The lowest BCUT2D eigenvalue weighted by Crippen LogP contribution is -2.27. The molecule has 0 spiro atoms. The summed E-state index contributed by atoms with van der Waals surface area (Å²) in [5.41, 5.74) is 0.988. The van der Waals surface area contributed by atoms with Gasteiger partial charge >= 0.3 is 0 Å². The molecule has 0 atom stereocenters. The van der Waals surface area contributed by atoms with Gasteiger partial charge in [0.25, 0.3) is 0 Å². The maximum Gasteiger partial charge on any atom is 0.163 e. The van der Waals surface area contributed by atoms with Crippen LogP contribution in [0.2, 0.25) is 0 Å². The van der Waals surface area contributed by atoms with E-state index in [0.29, 0.717) is 0 Å². The van der Waals surface area contributed by atoms with Crippen LogP contribution in [0, 0.1) is 0 Å². The molecule has 1 aromatic heterocycles. The molecule has 0 aliphatic carbocycles. The Morgan fingerprint density at radius 3 is 2.32 bits per heavy atom. The Morgan fingerprint density at radius 1 is 1.00 bits per heavy atom. The molecule has 4 heteroatoms. The van der Waals surface area contributed by atoms with E-state index >= 15 is 0 Å². The smallest absolute Gasteiger partial charge is 0.163 e. The Balaban J connectivity index is 2.31. The third-order valence-corrected chi connectivity index (χ3v) is 3.10. The van der Waals surface area contributed by atoms with E-state index in [4.69, 9.17) is 0 Å². The highest BCUT2D eigenvalue weighted by atomic mass is 15.1. The summed E-state index contributed by atoms with van der Waals surface area (Å²) in [5, 5.41) is 6.82. The van der Waals surface area contributed by atoms with Gasteiger partial charge in [0.2, 0.25) is 0 Å². The van der Waals surface area contributed by atoms with Gasteiger partial charge in [-0.05, 0) is 27.2 Å². The Labute approximate surface area is 133 Å². The van der Waals surface area contributed by atoms with Crippen molar-refractivity contribution in [2.75, 3.05) is 17.2 Å². The van der Waals surface area contributed by atoms with E-state index < -0.39 is 0 Å². The SMILES string of the molecule is CCCCNc1cc(NC(C)(C)C)nc(-c2ccccc2)n1. The van der Waals surface area contributed by atoms with Gasteiger partial charge < -0.3 is 10.6 Å². The zero-order chi connectivity index (χ0) is 16.0. The molecule has 118 valence electrons. The molecule has 1 aromatic carbocycles. The summed E-state index contributed by atoms with van der Waals surface area (Å²) in [7, 11) is 0. The highest BCUT2D eigenvalue weighted by molar-refractivity contribution is 5.61. The van der Waals surface area contributed by atoms with Gasteiger partial charge in [-0.2, -0.15) is 0 Å². The molecular weight excluding hydrogens is 272 g/mol. The van der Waals surface area contributed by atoms with Crippen molar-refractivity contribution in [2.45, 2.75) is 46.1 Å². The van der Waals surface area contributed by atoms with Crippen LogP contribution in [-0.2, 0) is 0 Å². The molecule has 0 radical (unpaired) electrons. The van der Waals surface area contributed by atoms with Crippen molar-refractivity contribution in [3.05, 3.63) is 36.4 Å². The molecule has 2 aromatic rings. The van der Waals surface area contributed by atoms with Crippen LogP contribution in [0.4, 0.5) is 11.6 Å². The Bertz CT molecular complexity index is 588. The molecule has 0 saturated heterocycles. The largest absolute Gasteiger partial charge is 0.370 e. The lowest BCUT2D eigenvalue weighted by atomic mass is 10.1. The molecule has 0 bridgehead atoms. The van der Waals surface area contributed by atoms with Crippen LogP contribution in [0.1, 0.15) is 40.5 Å². The first-order valence-corrected chi connectivity index (χ1v) is 7.94. The minimum Gasteiger partial charge on any atom is -0.370 e. The van der Waals surface area contributed by atoms with Gasteiger partial charge in [0, 0.05) is 23.7 Å². The number of anilines is 2. The first-order chi connectivity index (χ1) is 10.5. The molecule has 0 aliphatic heterocycles. The van der Waals surface area contributed by atoms with Gasteiger partial charge in [-0.3, -0.25) is 0 Å². The summed E-state index contributed by atoms with van der Waals surface area (Å²) < 4.78 is 0. The van der Waals surface area contributed by atoms with E-state index in [0.717, 1.165) is 42.4 Å². The fourth-order valence-electron chi connectivity index (χ4n) is 2.10. The summed E-state index contributed by atoms with van der Waals surface area (Å²) in [5.74, 6) is 2.46. The second-order valence-electron chi connectivity index (χ2n) is 6.48. The van der Waals surface area contributed by atoms with Crippen LogP contribution in [0.3, 0.4) is 0 Å².